The molecule has 180 valence electrons. The highest BCUT2D eigenvalue weighted by Crippen LogP contribution is 2.15. The highest BCUT2D eigenvalue weighted by Gasteiger charge is 2.18. The maximum absolute atomic E-state index is 12.9. The van der Waals surface area contributed by atoms with Gasteiger partial charge in [0.25, 0.3) is 15.6 Å². The number of nitrogens with two attached hydrogens (primary N) is 1. The van der Waals surface area contributed by atoms with Crippen LogP contribution >= 0.6 is 0 Å². The summed E-state index contributed by atoms with van der Waals surface area (Å²) in [6.45, 7) is 7.26. The monoisotopic (exact) mass is 477 g/mol. The minimum atomic E-state index is -3.95. The van der Waals surface area contributed by atoms with E-state index in [-0.39, 0.29) is 30.3 Å². The summed E-state index contributed by atoms with van der Waals surface area (Å²) in [5.74, 6) is 0.0637. The van der Waals surface area contributed by atoms with Gasteiger partial charge in [-0.15, -0.1) is 0 Å². The summed E-state index contributed by atoms with van der Waals surface area (Å²) in [5, 5.41) is 4.08. The Labute approximate surface area is 194 Å². The number of nitrogens with one attached hydrogen (secondary N) is 2. The smallest absolute Gasteiger partial charge is 0.275 e. The number of amides is 1. The highest BCUT2D eigenvalue weighted by molar-refractivity contribution is 7.92. The molecule has 0 fully saturated rings. The maximum atomic E-state index is 12.9. The molecule has 11 heteroatoms. The summed E-state index contributed by atoms with van der Waals surface area (Å²) in [4.78, 5) is 30.7. The van der Waals surface area contributed by atoms with Gasteiger partial charge in [-0.1, -0.05) is 12.1 Å². The maximum Gasteiger partial charge on any atom is 0.275 e. The standard InChI is InChI=1S/C22H31N5O5S/c1-15(2)21(23)26(5)32-12-11-24-20(28)14-27-17(4)9-10-19(22(27)29)25-33(30,31)18-8-6-7-16(3)13-18/h6-10,13,25H,11-12,14,23H2,1-5H3,(H,24,28). The topological polar surface area (TPSA) is 136 Å². The van der Waals surface area contributed by atoms with Crippen molar-refractivity contribution in [3.05, 3.63) is 69.4 Å². The van der Waals surface area contributed by atoms with E-state index >= 15 is 0 Å². The van der Waals surface area contributed by atoms with Crippen LogP contribution in [0.3, 0.4) is 0 Å². The van der Waals surface area contributed by atoms with Crippen LogP contribution < -0.4 is 21.3 Å². The molecule has 1 aromatic carbocycles. The van der Waals surface area contributed by atoms with Crippen molar-refractivity contribution in [3.63, 3.8) is 0 Å². The second-order valence-corrected chi connectivity index (χ2v) is 9.45. The van der Waals surface area contributed by atoms with Crippen molar-refractivity contribution in [1.82, 2.24) is 14.9 Å². The fourth-order valence-electron chi connectivity index (χ4n) is 2.89. The van der Waals surface area contributed by atoms with Crippen molar-refractivity contribution in [2.45, 2.75) is 39.1 Å². The van der Waals surface area contributed by atoms with E-state index in [1.54, 1.807) is 39.1 Å². The van der Waals surface area contributed by atoms with E-state index in [2.05, 4.69) is 10.0 Å². The van der Waals surface area contributed by atoms with Gasteiger partial charge in [0.2, 0.25) is 5.91 Å². The van der Waals surface area contributed by atoms with Crippen molar-refractivity contribution < 1.29 is 18.0 Å². The van der Waals surface area contributed by atoms with E-state index < -0.39 is 21.5 Å². The molecular weight excluding hydrogens is 446 g/mol. The number of aromatic nitrogens is 1. The Balaban J connectivity index is 2.05. The van der Waals surface area contributed by atoms with E-state index in [1.807, 2.05) is 13.8 Å². The zero-order valence-electron chi connectivity index (χ0n) is 19.5. The van der Waals surface area contributed by atoms with Gasteiger partial charge in [0.05, 0.1) is 11.5 Å². The predicted octanol–water partition coefficient (Wildman–Crippen LogP) is 1.46. The number of hydrogen-bond acceptors (Lipinski definition) is 7. The summed E-state index contributed by atoms with van der Waals surface area (Å²) in [5.41, 5.74) is 7.27. The molecule has 33 heavy (non-hydrogen) atoms. The number of carbonyl (C=O) groups is 1. The normalized spacial score (nSPS) is 11.1. The van der Waals surface area contributed by atoms with Gasteiger partial charge in [0.1, 0.15) is 18.1 Å². The minimum absolute atomic E-state index is 0.0467. The lowest BCUT2D eigenvalue weighted by molar-refractivity contribution is -0.126. The number of hydroxylamine groups is 2. The number of rotatable bonds is 10. The number of carbonyl (C=O) groups excluding carboxylic acids is 1. The molecule has 0 saturated carbocycles. The summed E-state index contributed by atoms with van der Waals surface area (Å²) < 4.78 is 28.9. The third kappa shape index (κ3) is 7.09. The summed E-state index contributed by atoms with van der Waals surface area (Å²) in [6.07, 6.45) is 0. The van der Waals surface area contributed by atoms with Crippen LogP contribution in [0.5, 0.6) is 0 Å². The average molecular weight is 478 g/mol. The van der Waals surface area contributed by atoms with Gasteiger partial charge < -0.3 is 15.6 Å². The van der Waals surface area contributed by atoms with Crippen LogP contribution in [0.1, 0.15) is 25.1 Å². The van der Waals surface area contributed by atoms with E-state index in [4.69, 9.17) is 10.6 Å². The van der Waals surface area contributed by atoms with Gasteiger partial charge in [-0.25, -0.2) is 13.5 Å². The molecule has 1 heterocycles. The van der Waals surface area contributed by atoms with Gasteiger partial charge in [-0.2, -0.15) is 0 Å². The Morgan fingerprint density at radius 2 is 1.88 bits per heavy atom. The molecule has 0 saturated heterocycles. The molecule has 0 aliphatic heterocycles. The van der Waals surface area contributed by atoms with Crippen molar-refractivity contribution in [1.29, 1.82) is 0 Å². The van der Waals surface area contributed by atoms with Crippen molar-refractivity contribution in [3.8, 4) is 0 Å². The zero-order valence-corrected chi connectivity index (χ0v) is 20.3. The van der Waals surface area contributed by atoms with Gasteiger partial charge in [0, 0.05) is 19.3 Å². The number of aryl methyl sites for hydroxylation is 2. The third-order valence-corrected chi connectivity index (χ3v) is 6.16. The van der Waals surface area contributed by atoms with Crippen LogP contribution in [0, 0.1) is 13.8 Å². The van der Waals surface area contributed by atoms with Crippen LogP contribution in [0.25, 0.3) is 0 Å². The Morgan fingerprint density at radius 3 is 2.52 bits per heavy atom. The predicted molar refractivity (Wildman–Crippen MR) is 127 cm³/mol. The Kier molecular flexibility index (Phi) is 8.66. The molecule has 0 radical (unpaired) electrons. The average Bonchev–Trinajstić information content (AvgIpc) is 2.75. The molecule has 1 aromatic heterocycles. The van der Waals surface area contributed by atoms with Crippen LogP contribution in [0.2, 0.25) is 0 Å². The number of sulfonamides is 1. The first-order valence-electron chi connectivity index (χ1n) is 10.3. The SMILES string of the molecule is CC(C)=C(N)N(C)OCCNC(=O)Cn1c(C)ccc(NS(=O)(=O)c2cccc(C)c2)c1=O. The molecular formula is C22H31N5O5S. The van der Waals surface area contributed by atoms with E-state index in [0.29, 0.717) is 11.5 Å². The summed E-state index contributed by atoms with van der Waals surface area (Å²) >= 11 is 0. The number of hydrogen-bond donors (Lipinski definition) is 3. The first-order chi connectivity index (χ1) is 15.4. The van der Waals surface area contributed by atoms with Gasteiger partial charge >= 0.3 is 0 Å². The fourth-order valence-corrected chi connectivity index (χ4v) is 4.05. The molecule has 0 unspecified atom stereocenters. The molecule has 1 amide bonds. The highest BCUT2D eigenvalue weighted by atomic mass is 32.2. The first kappa shape index (κ1) is 25.9. The quantitative estimate of drug-likeness (QED) is 0.348. The number of anilines is 1. The lowest BCUT2D eigenvalue weighted by atomic mass is 10.2. The lowest BCUT2D eigenvalue weighted by Gasteiger charge is -2.20. The summed E-state index contributed by atoms with van der Waals surface area (Å²) in [7, 11) is -2.29. The number of nitrogens with zero attached hydrogens (tertiary/aromatic N) is 2. The molecule has 0 aliphatic rings. The Bertz CT molecular complexity index is 1200. The number of pyridine rings is 1. The van der Waals surface area contributed by atoms with Crippen LogP contribution in [-0.4, -0.2) is 44.2 Å². The second-order valence-electron chi connectivity index (χ2n) is 7.77. The number of benzene rings is 1. The van der Waals surface area contributed by atoms with Crippen molar-refractivity contribution >= 4 is 21.6 Å². The van der Waals surface area contributed by atoms with Crippen LogP contribution in [-0.2, 0) is 26.2 Å². The van der Waals surface area contributed by atoms with Gasteiger partial charge in [-0.3, -0.25) is 19.1 Å². The molecule has 0 aliphatic carbocycles. The van der Waals surface area contributed by atoms with Crippen molar-refractivity contribution in [2.75, 3.05) is 24.9 Å². The molecule has 0 atom stereocenters. The molecule has 2 aromatic rings. The molecule has 4 N–H and O–H groups in total. The molecule has 2 rings (SSSR count). The van der Waals surface area contributed by atoms with Crippen LogP contribution in [0.15, 0.2) is 57.5 Å². The fraction of sp³-hybridized carbons (Fsp3) is 0.364. The van der Waals surface area contributed by atoms with Crippen LogP contribution in [0.4, 0.5) is 5.69 Å². The number of allylic oxidation sites excluding steroid dienone is 1. The zero-order chi connectivity index (χ0) is 24.8. The van der Waals surface area contributed by atoms with E-state index in [1.165, 1.54) is 27.8 Å². The van der Waals surface area contributed by atoms with E-state index in [0.717, 1.165) is 11.1 Å². The van der Waals surface area contributed by atoms with E-state index in [9.17, 15) is 18.0 Å². The summed E-state index contributed by atoms with van der Waals surface area (Å²) in [6, 6.07) is 9.31. The van der Waals surface area contributed by atoms with Gasteiger partial charge in [0.15, 0.2) is 0 Å². The molecule has 0 spiro atoms. The van der Waals surface area contributed by atoms with Crippen molar-refractivity contribution in [2.24, 2.45) is 5.73 Å². The largest absolute Gasteiger partial charge is 0.384 e. The lowest BCUT2D eigenvalue weighted by Crippen LogP contribution is -2.37. The first-order valence-corrected chi connectivity index (χ1v) is 11.8. The third-order valence-electron chi connectivity index (χ3n) is 4.80. The minimum Gasteiger partial charge on any atom is -0.384 e. The Hall–Kier alpha value is -3.31. The Morgan fingerprint density at radius 1 is 1.18 bits per heavy atom. The van der Waals surface area contributed by atoms with Gasteiger partial charge in [-0.05, 0) is 63.1 Å². The molecule has 0 bridgehead atoms. The second kappa shape index (κ2) is 11.0. The molecule has 10 nitrogen and oxygen atoms in total.